The van der Waals surface area contributed by atoms with Crippen molar-refractivity contribution in [3.63, 3.8) is 0 Å². The Morgan fingerprint density at radius 1 is 1.09 bits per heavy atom. The summed E-state index contributed by atoms with van der Waals surface area (Å²) in [6.45, 7) is -1.15. The summed E-state index contributed by atoms with van der Waals surface area (Å²) >= 11 is 8.11. The Balaban J connectivity index is 1.61. The van der Waals surface area contributed by atoms with Crippen molar-refractivity contribution in [1.82, 2.24) is 9.58 Å². The van der Waals surface area contributed by atoms with Crippen molar-refractivity contribution >= 4 is 41.4 Å². The third-order valence-electron chi connectivity index (χ3n) is 7.26. The van der Waals surface area contributed by atoms with E-state index in [4.69, 9.17) is 26.2 Å². The van der Waals surface area contributed by atoms with Gasteiger partial charge in [-0.25, -0.2) is 4.79 Å². The van der Waals surface area contributed by atoms with Crippen molar-refractivity contribution in [1.29, 1.82) is 0 Å². The first kappa shape index (κ1) is 32.0. The van der Waals surface area contributed by atoms with Crippen molar-refractivity contribution < 1.29 is 46.9 Å². The minimum atomic E-state index is -4.82. The van der Waals surface area contributed by atoms with Crippen LogP contribution in [0.2, 0.25) is 5.02 Å². The number of fused-ring (bicyclic) bond motifs is 3. The van der Waals surface area contributed by atoms with Gasteiger partial charge in [0.15, 0.2) is 5.69 Å². The molecule has 5 rings (SSSR count). The average molecular weight is 668 g/mol. The number of nitrogens with zero attached hydrogens (tertiary/aromatic N) is 3. The van der Waals surface area contributed by atoms with Gasteiger partial charge in [-0.15, -0.1) is 11.8 Å². The molecule has 0 fully saturated rings. The Kier molecular flexibility index (Phi) is 9.20. The molecule has 0 saturated carbocycles. The number of carboxylic acids is 1. The number of carbonyl (C=O) groups excluding carboxylic acids is 2. The minimum Gasteiger partial charge on any atom is -0.481 e. The van der Waals surface area contributed by atoms with Crippen molar-refractivity contribution in [2.45, 2.75) is 42.3 Å². The van der Waals surface area contributed by atoms with E-state index < -0.39 is 79.7 Å². The average Bonchev–Trinajstić information content (AvgIpc) is 3.15. The topological polar surface area (TPSA) is 128 Å². The van der Waals surface area contributed by atoms with E-state index in [-0.39, 0.29) is 0 Å². The molecule has 3 heterocycles. The smallest absolute Gasteiger partial charge is 0.481 e. The number of ether oxygens (including phenoxy) is 3. The normalized spacial score (nSPS) is 16.6. The Hall–Kier alpha value is -4.37. The molecule has 2 atom stereocenters. The summed E-state index contributed by atoms with van der Waals surface area (Å²) in [5.74, 6) is -2.55. The summed E-state index contributed by atoms with van der Waals surface area (Å²) in [7, 11) is 0. The zero-order valence-electron chi connectivity index (χ0n) is 23.5. The van der Waals surface area contributed by atoms with Crippen molar-refractivity contribution in [3.05, 3.63) is 92.4 Å². The van der Waals surface area contributed by atoms with Gasteiger partial charge in [-0.05, 0) is 35.7 Å². The zero-order valence-corrected chi connectivity index (χ0v) is 25.0. The highest BCUT2D eigenvalue weighted by molar-refractivity contribution is 7.98. The van der Waals surface area contributed by atoms with Crippen LogP contribution in [0.4, 0.5) is 18.0 Å². The Morgan fingerprint density at radius 3 is 2.56 bits per heavy atom. The number of amides is 1. The lowest BCUT2D eigenvalue weighted by atomic mass is 9.94. The van der Waals surface area contributed by atoms with E-state index in [1.54, 1.807) is 18.2 Å². The van der Waals surface area contributed by atoms with Gasteiger partial charge in [-0.2, -0.15) is 13.2 Å². The van der Waals surface area contributed by atoms with Crippen LogP contribution in [0, 0.1) is 0 Å². The second kappa shape index (κ2) is 12.9. The number of aromatic nitrogens is 1. The molecule has 1 N–H and O–H groups in total. The maximum atomic E-state index is 14.1. The van der Waals surface area contributed by atoms with Crippen molar-refractivity contribution in [2.75, 3.05) is 25.1 Å². The van der Waals surface area contributed by atoms with Crippen molar-refractivity contribution in [2.24, 2.45) is 0 Å². The molecule has 11 nitrogen and oxygen atoms in total. The van der Waals surface area contributed by atoms with Gasteiger partial charge < -0.3 is 24.2 Å². The Morgan fingerprint density at radius 2 is 1.82 bits per heavy atom. The van der Waals surface area contributed by atoms with E-state index in [0.717, 1.165) is 29.0 Å². The minimum absolute atomic E-state index is 0.461. The number of rotatable bonds is 8. The largest absolute Gasteiger partial charge is 0.511 e. The molecule has 45 heavy (non-hydrogen) atoms. The van der Waals surface area contributed by atoms with Crippen LogP contribution in [-0.4, -0.2) is 65.0 Å². The van der Waals surface area contributed by atoms with Crippen LogP contribution in [-0.2, 0) is 20.0 Å². The fourth-order valence-electron chi connectivity index (χ4n) is 5.02. The van der Waals surface area contributed by atoms with E-state index in [1.807, 2.05) is 24.3 Å². The fraction of sp³-hybridized carbons (Fsp3) is 0.310. The molecule has 0 aliphatic carbocycles. The lowest BCUT2D eigenvalue weighted by Crippen LogP contribution is -2.60. The van der Waals surface area contributed by atoms with Crippen LogP contribution >= 0.6 is 23.4 Å². The SMILES string of the molecule is C[C@@H](N1CN([C@@H]2c3ccccc3SCc3c(Cl)cccc32)n2ccc(=O)c(OCOC(=O)OCCC(=O)O)c2C1=O)C(F)(F)F. The molecular formula is C29H25ClF3N3O8S. The highest BCUT2D eigenvalue weighted by Gasteiger charge is 2.48. The van der Waals surface area contributed by atoms with Crippen molar-refractivity contribution in [3.8, 4) is 5.75 Å². The lowest BCUT2D eigenvalue weighted by Gasteiger charge is -2.46. The van der Waals surface area contributed by atoms with Gasteiger partial charge in [0.05, 0.1) is 12.5 Å². The van der Waals surface area contributed by atoms with Crippen LogP contribution in [0.1, 0.15) is 46.6 Å². The first-order chi connectivity index (χ1) is 21.4. The second-order valence-electron chi connectivity index (χ2n) is 9.96. The maximum Gasteiger partial charge on any atom is 0.511 e. The van der Waals surface area contributed by atoms with Crippen LogP contribution in [0.15, 0.2) is 64.4 Å². The molecule has 0 spiro atoms. The standard InChI is InChI=1S/C29H25ClF3N3O8S/c1-16(29(31,32)33)34-14-36(24-17-6-4-7-20(30)19(17)13-45-22-8-3-2-5-18(22)24)35-11-9-21(37)26(25(35)27(34)40)43-15-44-28(41)42-12-10-23(38)39/h2-9,11,16,24H,10,12-15H2,1H3,(H,38,39)/t16-,24+/m1/s1. The number of pyridine rings is 1. The molecule has 0 saturated heterocycles. The van der Waals surface area contributed by atoms with E-state index >= 15 is 0 Å². The number of aliphatic carboxylic acids is 1. The first-order valence-electron chi connectivity index (χ1n) is 13.4. The summed E-state index contributed by atoms with van der Waals surface area (Å²) in [4.78, 5) is 50.7. The quantitative estimate of drug-likeness (QED) is 0.254. The molecule has 16 heteroatoms. The van der Waals surface area contributed by atoms with Gasteiger partial charge in [0.1, 0.15) is 19.3 Å². The summed E-state index contributed by atoms with van der Waals surface area (Å²) in [6, 6.07) is 10.6. The van der Waals surface area contributed by atoms with Gasteiger partial charge in [0.25, 0.3) is 5.91 Å². The van der Waals surface area contributed by atoms with Gasteiger partial charge in [-0.3, -0.25) is 24.1 Å². The molecule has 2 aliphatic heterocycles. The molecule has 1 amide bonds. The third kappa shape index (κ3) is 6.54. The number of halogens is 4. The number of hydrogen-bond acceptors (Lipinski definition) is 9. The van der Waals surface area contributed by atoms with Crippen LogP contribution < -0.4 is 15.2 Å². The van der Waals surface area contributed by atoms with Crippen LogP contribution in [0.3, 0.4) is 0 Å². The summed E-state index contributed by atoms with van der Waals surface area (Å²) in [6.07, 6.45) is -5.36. The number of alkyl halides is 3. The highest BCUT2D eigenvalue weighted by atomic mass is 35.5. The van der Waals surface area contributed by atoms with Crippen LogP contribution in [0.5, 0.6) is 5.75 Å². The molecule has 1 aromatic heterocycles. The van der Waals surface area contributed by atoms with Gasteiger partial charge >= 0.3 is 18.3 Å². The van der Waals surface area contributed by atoms with E-state index in [1.165, 1.54) is 27.6 Å². The molecule has 0 radical (unpaired) electrons. The predicted octanol–water partition coefficient (Wildman–Crippen LogP) is 5.16. The molecule has 0 unspecified atom stereocenters. The third-order valence-corrected chi connectivity index (χ3v) is 8.73. The van der Waals surface area contributed by atoms with Gasteiger partial charge in [-0.1, -0.05) is 41.9 Å². The number of carboxylic acid groups (broad SMARTS) is 1. The fourth-order valence-corrected chi connectivity index (χ4v) is 6.49. The van der Waals surface area contributed by atoms with Crippen LogP contribution in [0.25, 0.3) is 0 Å². The predicted molar refractivity (Wildman–Crippen MR) is 155 cm³/mol. The van der Waals surface area contributed by atoms with Gasteiger partial charge in [0.2, 0.25) is 18.0 Å². The number of thioether (sulfide) groups is 1. The van der Waals surface area contributed by atoms with E-state index in [9.17, 15) is 32.3 Å². The summed E-state index contributed by atoms with van der Waals surface area (Å²) in [5.41, 5.74) is 0.793. The Bertz CT molecular complexity index is 1700. The van der Waals surface area contributed by atoms with E-state index in [2.05, 4.69) is 4.74 Å². The first-order valence-corrected chi connectivity index (χ1v) is 14.8. The lowest BCUT2D eigenvalue weighted by molar-refractivity contribution is -0.173. The number of benzene rings is 2. The summed E-state index contributed by atoms with van der Waals surface area (Å²) in [5, 5.41) is 10.7. The monoisotopic (exact) mass is 667 g/mol. The van der Waals surface area contributed by atoms with Gasteiger partial charge in [0, 0.05) is 27.9 Å². The molecule has 2 aromatic carbocycles. The molecule has 2 aliphatic rings. The highest BCUT2D eigenvalue weighted by Crippen LogP contribution is 2.45. The summed E-state index contributed by atoms with van der Waals surface area (Å²) < 4.78 is 58.4. The second-order valence-corrected chi connectivity index (χ2v) is 11.4. The number of carbonyl (C=O) groups is 3. The zero-order chi connectivity index (χ0) is 32.5. The molecule has 238 valence electrons. The Labute approximate surface area is 263 Å². The number of hydrogen-bond donors (Lipinski definition) is 1. The molecular weight excluding hydrogens is 643 g/mol. The molecule has 0 bridgehead atoms. The van der Waals surface area contributed by atoms with E-state index in [0.29, 0.717) is 21.2 Å². The maximum absolute atomic E-state index is 14.1. The molecule has 3 aromatic rings.